The topological polar surface area (TPSA) is 37.3 Å². The molecule has 2 nitrogen and oxygen atoms in total. The van der Waals surface area contributed by atoms with Gasteiger partial charge in [0.05, 0.1) is 6.10 Å². The lowest BCUT2D eigenvalue weighted by molar-refractivity contribution is -0.120. The Labute approximate surface area is 54.9 Å². The molecule has 1 fully saturated rings. The van der Waals surface area contributed by atoms with Crippen molar-refractivity contribution in [2.45, 2.75) is 26.4 Å². The van der Waals surface area contributed by atoms with Crippen molar-refractivity contribution >= 4 is 5.78 Å². The van der Waals surface area contributed by atoms with Crippen LogP contribution in [0.15, 0.2) is 0 Å². The predicted octanol–water partition coefficient (Wildman–Crippen LogP) is 0.592. The Hall–Kier alpha value is -0.370. The van der Waals surface area contributed by atoms with E-state index in [-0.39, 0.29) is 23.7 Å². The average molecular weight is 128 g/mol. The molecule has 0 aliphatic heterocycles. The highest BCUT2D eigenvalue weighted by atomic mass is 16.3. The van der Waals surface area contributed by atoms with Gasteiger partial charge >= 0.3 is 0 Å². The lowest BCUT2D eigenvalue weighted by Gasteiger charge is -2.09. The first-order chi connectivity index (χ1) is 4.13. The van der Waals surface area contributed by atoms with E-state index in [2.05, 4.69) is 0 Å². The molecule has 0 spiro atoms. The first kappa shape index (κ1) is 6.75. The van der Waals surface area contributed by atoms with Crippen molar-refractivity contribution in [1.82, 2.24) is 0 Å². The van der Waals surface area contributed by atoms with Gasteiger partial charge in [-0.25, -0.2) is 0 Å². The van der Waals surface area contributed by atoms with Crippen molar-refractivity contribution in [1.29, 1.82) is 0 Å². The van der Waals surface area contributed by atoms with Crippen LogP contribution in [-0.4, -0.2) is 17.0 Å². The van der Waals surface area contributed by atoms with Crippen LogP contribution in [0.5, 0.6) is 0 Å². The number of carbonyl (C=O) groups excluding carboxylic acids is 1. The van der Waals surface area contributed by atoms with Gasteiger partial charge in [-0.2, -0.15) is 0 Å². The molecule has 1 unspecified atom stereocenters. The summed E-state index contributed by atoms with van der Waals surface area (Å²) in [5.41, 5.74) is 0. The van der Waals surface area contributed by atoms with Crippen molar-refractivity contribution in [3.05, 3.63) is 0 Å². The van der Waals surface area contributed by atoms with Gasteiger partial charge in [-0.05, 0) is 5.92 Å². The third-order valence-corrected chi connectivity index (χ3v) is 2.31. The van der Waals surface area contributed by atoms with Crippen LogP contribution >= 0.6 is 0 Å². The van der Waals surface area contributed by atoms with E-state index in [4.69, 9.17) is 5.11 Å². The molecule has 0 radical (unpaired) electrons. The molecule has 0 saturated heterocycles. The molecule has 9 heavy (non-hydrogen) atoms. The predicted molar refractivity (Wildman–Crippen MR) is 34.0 cm³/mol. The van der Waals surface area contributed by atoms with E-state index in [0.29, 0.717) is 6.42 Å². The summed E-state index contributed by atoms with van der Waals surface area (Å²) in [5, 5.41) is 9.12. The largest absolute Gasteiger partial charge is 0.392 e. The Morgan fingerprint density at radius 1 is 1.56 bits per heavy atom. The van der Waals surface area contributed by atoms with Gasteiger partial charge in [0, 0.05) is 12.3 Å². The summed E-state index contributed by atoms with van der Waals surface area (Å²) in [6, 6.07) is 0. The molecule has 0 bridgehead atoms. The van der Waals surface area contributed by atoms with Gasteiger partial charge in [-0.1, -0.05) is 13.8 Å². The molecule has 1 aliphatic rings. The van der Waals surface area contributed by atoms with Gasteiger partial charge in [0.25, 0.3) is 0 Å². The summed E-state index contributed by atoms with van der Waals surface area (Å²) in [6.45, 7) is 3.80. The summed E-state index contributed by atoms with van der Waals surface area (Å²) < 4.78 is 0. The van der Waals surface area contributed by atoms with Crippen molar-refractivity contribution < 1.29 is 9.90 Å². The normalized spacial score (nSPS) is 43.9. The molecule has 0 aromatic heterocycles. The number of carbonyl (C=O) groups is 1. The van der Waals surface area contributed by atoms with Crippen molar-refractivity contribution in [3.8, 4) is 0 Å². The second-order valence-electron chi connectivity index (χ2n) is 2.89. The molecular weight excluding hydrogens is 116 g/mol. The standard InChI is InChI=1S/C7H12O2/c1-4-5(2)7(9)3-6(4)8/h4-6,8H,3H2,1-2H3/t4-,5?,6-/m1/s1. The Balaban J connectivity index is 2.65. The number of hydrogen-bond donors (Lipinski definition) is 1. The van der Waals surface area contributed by atoms with E-state index < -0.39 is 0 Å². The third kappa shape index (κ3) is 0.990. The molecule has 2 heteroatoms. The molecule has 0 amide bonds. The molecule has 52 valence electrons. The second kappa shape index (κ2) is 2.10. The van der Waals surface area contributed by atoms with Crippen LogP contribution in [0, 0.1) is 11.8 Å². The molecular formula is C7H12O2. The Kier molecular flexibility index (Phi) is 1.58. The zero-order valence-corrected chi connectivity index (χ0v) is 5.79. The quantitative estimate of drug-likeness (QED) is 0.518. The van der Waals surface area contributed by atoms with Crippen LogP contribution in [-0.2, 0) is 4.79 Å². The van der Waals surface area contributed by atoms with E-state index in [1.807, 2.05) is 13.8 Å². The number of aliphatic hydroxyl groups excluding tert-OH is 1. The highest BCUT2D eigenvalue weighted by Crippen LogP contribution is 2.27. The number of rotatable bonds is 0. The fourth-order valence-corrected chi connectivity index (χ4v) is 1.20. The van der Waals surface area contributed by atoms with E-state index in [1.54, 1.807) is 0 Å². The first-order valence-corrected chi connectivity index (χ1v) is 3.33. The van der Waals surface area contributed by atoms with E-state index in [9.17, 15) is 4.79 Å². The lowest BCUT2D eigenvalue weighted by atomic mass is 9.99. The summed E-state index contributed by atoms with van der Waals surface area (Å²) in [7, 11) is 0. The van der Waals surface area contributed by atoms with Gasteiger partial charge in [-0.15, -0.1) is 0 Å². The molecule has 1 N–H and O–H groups in total. The lowest BCUT2D eigenvalue weighted by Crippen LogP contribution is -2.13. The summed E-state index contributed by atoms with van der Waals surface area (Å²) >= 11 is 0. The fourth-order valence-electron chi connectivity index (χ4n) is 1.20. The zero-order valence-electron chi connectivity index (χ0n) is 5.79. The Morgan fingerprint density at radius 3 is 2.22 bits per heavy atom. The van der Waals surface area contributed by atoms with E-state index in [1.165, 1.54) is 0 Å². The number of hydrogen-bond acceptors (Lipinski definition) is 2. The van der Waals surface area contributed by atoms with Gasteiger partial charge in [-0.3, -0.25) is 4.79 Å². The summed E-state index contributed by atoms with van der Waals surface area (Å²) in [5.74, 6) is 0.437. The first-order valence-electron chi connectivity index (χ1n) is 3.33. The summed E-state index contributed by atoms with van der Waals surface area (Å²) in [6.07, 6.45) is -0.0185. The maximum atomic E-state index is 10.8. The Morgan fingerprint density at radius 2 is 2.11 bits per heavy atom. The molecule has 3 atom stereocenters. The van der Waals surface area contributed by atoms with Crippen molar-refractivity contribution in [3.63, 3.8) is 0 Å². The smallest absolute Gasteiger partial charge is 0.138 e. The second-order valence-corrected chi connectivity index (χ2v) is 2.89. The highest BCUT2D eigenvalue weighted by Gasteiger charge is 2.34. The zero-order chi connectivity index (χ0) is 7.02. The van der Waals surface area contributed by atoms with E-state index in [0.717, 1.165) is 0 Å². The third-order valence-electron chi connectivity index (χ3n) is 2.31. The maximum absolute atomic E-state index is 10.8. The minimum Gasteiger partial charge on any atom is -0.392 e. The number of aliphatic hydroxyl groups is 1. The minimum atomic E-state index is -0.382. The van der Waals surface area contributed by atoms with Crippen LogP contribution in [0.4, 0.5) is 0 Å². The molecule has 0 aromatic carbocycles. The van der Waals surface area contributed by atoms with Crippen LogP contribution in [0.25, 0.3) is 0 Å². The summed E-state index contributed by atoms with van der Waals surface area (Å²) in [4.78, 5) is 10.8. The SMILES string of the molecule is CC1C(=O)C[C@@H](O)[C@@H]1C. The molecule has 1 aliphatic carbocycles. The maximum Gasteiger partial charge on any atom is 0.138 e. The van der Waals surface area contributed by atoms with Crippen LogP contribution in [0.1, 0.15) is 20.3 Å². The minimum absolute atomic E-state index is 0.0694. The van der Waals surface area contributed by atoms with Gasteiger partial charge in [0.15, 0.2) is 0 Å². The average Bonchev–Trinajstić information content (AvgIpc) is 1.98. The van der Waals surface area contributed by atoms with Crippen molar-refractivity contribution in [2.24, 2.45) is 11.8 Å². The fraction of sp³-hybridized carbons (Fsp3) is 0.857. The van der Waals surface area contributed by atoms with Crippen LogP contribution in [0.2, 0.25) is 0 Å². The highest BCUT2D eigenvalue weighted by molar-refractivity contribution is 5.83. The van der Waals surface area contributed by atoms with Gasteiger partial charge < -0.3 is 5.11 Å². The van der Waals surface area contributed by atoms with Gasteiger partial charge in [0.2, 0.25) is 0 Å². The van der Waals surface area contributed by atoms with Crippen LogP contribution < -0.4 is 0 Å². The monoisotopic (exact) mass is 128 g/mol. The molecule has 1 saturated carbocycles. The number of ketones is 1. The van der Waals surface area contributed by atoms with Gasteiger partial charge in [0.1, 0.15) is 5.78 Å². The Bertz CT molecular complexity index is 131. The molecule has 1 rings (SSSR count). The van der Waals surface area contributed by atoms with E-state index >= 15 is 0 Å². The number of Topliss-reactive ketones (excluding diaryl/α,β-unsaturated/α-hetero) is 1. The van der Waals surface area contributed by atoms with Crippen molar-refractivity contribution in [2.75, 3.05) is 0 Å². The van der Waals surface area contributed by atoms with Crippen LogP contribution in [0.3, 0.4) is 0 Å². The molecule has 0 aromatic rings. The molecule has 0 heterocycles.